The van der Waals surface area contributed by atoms with Crippen LogP contribution in [-0.2, 0) is 4.79 Å². The largest absolute Gasteiger partial charge is 0.483 e. The molecule has 8 heteroatoms. The van der Waals surface area contributed by atoms with Gasteiger partial charge in [0, 0.05) is 22.7 Å². The molecule has 7 nitrogen and oxygen atoms in total. The summed E-state index contributed by atoms with van der Waals surface area (Å²) >= 11 is 0. The van der Waals surface area contributed by atoms with Crippen molar-refractivity contribution in [3.63, 3.8) is 0 Å². The highest BCUT2D eigenvalue weighted by Crippen LogP contribution is 2.29. The van der Waals surface area contributed by atoms with Crippen molar-refractivity contribution in [2.45, 2.75) is 0 Å². The average Bonchev–Trinajstić information content (AvgIpc) is 3.25. The van der Waals surface area contributed by atoms with Crippen LogP contribution in [0.5, 0.6) is 5.75 Å². The summed E-state index contributed by atoms with van der Waals surface area (Å²) in [6, 6.07) is 17.6. The highest BCUT2D eigenvalue weighted by Gasteiger charge is 2.14. The Labute approximate surface area is 170 Å². The van der Waals surface area contributed by atoms with E-state index in [1.807, 2.05) is 0 Å². The third-order valence-electron chi connectivity index (χ3n) is 4.28. The van der Waals surface area contributed by atoms with Crippen molar-refractivity contribution in [3.05, 3.63) is 84.4 Å². The first-order chi connectivity index (χ1) is 14.6. The number of aromatic nitrogens is 1. The Morgan fingerprint density at radius 2 is 1.80 bits per heavy atom. The number of halogens is 1. The molecule has 0 radical (unpaired) electrons. The van der Waals surface area contributed by atoms with Gasteiger partial charge in [-0.25, -0.2) is 4.39 Å². The number of nitrogens with one attached hydrogen (secondary N) is 2. The number of rotatable bonds is 6. The molecule has 4 rings (SSSR count). The molecule has 0 spiro atoms. The normalized spacial score (nSPS) is 10.6. The molecule has 2 amide bonds. The Balaban J connectivity index is 1.54. The lowest BCUT2D eigenvalue weighted by Crippen LogP contribution is -2.20. The lowest BCUT2D eigenvalue weighted by atomic mass is 10.0. The van der Waals surface area contributed by atoms with Crippen molar-refractivity contribution in [1.29, 1.82) is 0 Å². The zero-order valence-electron chi connectivity index (χ0n) is 15.6. The summed E-state index contributed by atoms with van der Waals surface area (Å²) < 4.78 is 23.7. The van der Waals surface area contributed by atoms with Gasteiger partial charge in [-0.05, 0) is 35.7 Å². The fourth-order valence-electron chi connectivity index (χ4n) is 2.96. The molecule has 0 fully saturated rings. The van der Waals surface area contributed by atoms with Gasteiger partial charge in [-0.15, -0.1) is 0 Å². The minimum Gasteiger partial charge on any atom is -0.483 e. The monoisotopic (exact) mass is 405 g/mol. The van der Waals surface area contributed by atoms with Gasteiger partial charge in [0.25, 0.3) is 11.8 Å². The zero-order valence-corrected chi connectivity index (χ0v) is 15.6. The van der Waals surface area contributed by atoms with Crippen LogP contribution in [0.4, 0.5) is 15.9 Å². The molecule has 150 valence electrons. The summed E-state index contributed by atoms with van der Waals surface area (Å²) in [4.78, 5) is 24.8. The van der Waals surface area contributed by atoms with E-state index in [4.69, 9.17) is 4.74 Å². The van der Waals surface area contributed by atoms with E-state index in [0.29, 0.717) is 27.8 Å². The van der Waals surface area contributed by atoms with E-state index in [1.54, 1.807) is 42.5 Å². The van der Waals surface area contributed by atoms with Gasteiger partial charge in [0.1, 0.15) is 17.8 Å². The Hall–Kier alpha value is -4.20. The molecule has 4 aromatic rings. The van der Waals surface area contributed by atoms with Crippen molar-refractivity contribution in [3.8, 4) is 5.75 Å². The Morgan fingerprint density at radius 3 is 2.57 bits per heavy atom. The van der Waals surface area contributed by atoms with Crippen LogP contribution in [0.3, 0.4) is 0 Å². The second-order valence-electron chi connectivity index (χ2n) is 6.34. The maximum Gasteiger partial charge on any atom is 0.263 e. The van der Waals surface area contributed by atoms with Gasteiger partial charge in [-0.2, -0.15) is 0 Å². The summed E-state index contributed by atoms with van der Waals surface area (Å²) in [5, 5.41) is 10.1. The molecule has 3 aromatic carbocycles. The third kappa shape index (κ3) is 4.27. The number of hydrogen-bond acceptors (Lipinski definition) is 5. The smallest absolute Gasteiger partial charge is 0.263 e. The quantitative estimate of drug-likeness (QED) is 0.501. The predicted molar refractivity (Wildman–Crippen MR) is 109 cm³/mol. The Kier molecular flexibility index (Phi) is 5.38. The van der Waals surface area contributed by atoms with E-state index in [0.717, 1.165) is 0 Å². The van der Waals surface area contributed by atoms with Gasteiger partial charge in [-0.3, -0.25) is 9.59 Å². The highest BCUT2D eigenvalue weighted by atomic mass is 19.1. The Bertz CT molecular complexity index is 1210. The molecule has 1 heterocycles. The fraction of sp³-hybridized carbons (Fsp3) is 0.0455. The lowest BCUT2D eigenvalue weighted by molar-refractivity contribution is -0.118. The number of amides is 2. The van der Waals surface area contributed by atoms with E-state index < -0.39 is 11.7 Å². The Morgan fingerprint density at radius 1 is 0.967 bits per heavy atom. The number of fused-ring (bicyclic) bond motifs is 1. The number of benzene rings is 3. The van der Waals surface area contributed by atoms with Crippen molar-refractivity contribution in [1.82, 2.24) is 5.16 Å². The van der Waals surface area contributed by atoms with Crippen LogP contribution in [0.25, 0.3) is 10.8 Å². The minimum absolute atomic E-state index is 0.244. The summed E-state index contributed by atoms with van der Waals surface area (Å²) in [6.07, 6.45) is 1.34. The molecule has 0 bridgehead atoms. The van der Waals surface area contributed by atoms with Crippen LogP contribution >= 0.6 is 0 Å². The van der Waals surface area contributed by atoms with Crippen LogP contribution in [0, 0.1) is 5.82 Å². The van der Waals surface area contributed by atoms with Crippen LogP contribution in [-0.4, -0.2) is 23.6 Å². The molecule has 0 saturated heterocycles. The number of anilines is 2. The number of ether oxygens (including phenoxy) is 1. The molecule has 0 unspecified atom stereocenters. The topological polar surface area (TPSA) is 93.5 Å². The molecule has 1 aromatic heterocycles. The van der Waals surface area contributed by atoms with E-state index in [1.165, 1.54) is 30.5 Å². The van der Waals surface area contributed by atoms with Crippen LogP contribution in [0.2, 0.25) is 0 Å². The molecule has 0 atom stereocenters. The fourth-order valence-corrected chi connectivity index (χ4v) is 2.96. The molecule has 2 N–H and O–H groups in total. The molecular formula is C22H16FN3O4. The highest BCUT2D eigenvalue weighted by molar-refractivity contribution is 6.14. The summed E-state index contributed by atoms with van der Waals surface area (Å²) in [7, 11) is 0. The zero-order chi connectivity index (χ0) is 20.9. The molecule has 0 saturated carbocycles. The van der Waals surface area contributed by atoms with Crippen LogP contribution in [0.1, 0.15) is 10.4 Å². The van der Waals surface area contributed by atoms with E-state index in [-0.39, 0.29) is 18.3 Å². The lowest BCUT2D eigenvalue weighted by Gasteiger charge is -2.13. The molecular weight excluding hydrogens is 389 g/mol. The summed E-state index contributed by atoms with van der Waals surface area (Å²) in [6.45, 7) is -0.244. The van der Waals surface area contributed by atoms with Gasteiger partial charge >= 0.3 is 0 Å². The van der Waals surface area contributed by atoms with Gasteiger partial charge in [-0.1, -0.05) is 35.5 Å². The second kappa shape index (κ2) is 8.44. The molecule has 30 heavy (non-hydrogen) atoms. The van der Waals surface area contributed by atoms with Crippen molar-refractivity contribution < 1.29 is 23.2 Å². The number of carbonyl (C=O) groups is 2. The van der Waals surface area contributed by atoms with Crippen molar-refractivity contribution in [2.24, 2.45) is 0 Å². The van der Waals surface area contributed by atoms with Gasteiger partial charge in [0.15, 0.2) is 12.4 Å². The standard InChI is InChI=1S/C22H16FN3O4/c23-14-4-3-5-15(12-14)24-22(28)18-8-9-19(17-7-2-1-6-16(17)18)29-13-21(27)25-20-10-11-30-26-20/h1-12H,13H2,(H,24,28)(H,25,26,27). The van der Waals surface area contributed by atoms with Gasteiger partial charge in [0.05, 0.1) is 0 Å². The molecule has 0 aliphatic rings. The van der Waals surface area contributed by atoms with Crippen molar-refractivity contribution >= 4 is 34.1 Å². The summed E-state index contributed by atoms with van der Waals surface area (Å²) in [5.41, 5.74) is 0.753. The first kappa shape index (κ1) is 19.1. The van der Waals surface area contributed by atoms with E-state index in [9.17, 15) is 14.0 Å². The summed E-state index contributed by atoms with van der Waals surface area (Å²) in [5.74, 6) is -0.487. The minimum atomic E-state index is -0.440. The second-order valence-corrected chi connectivity index (χ2v) is 6.34. The average molecular weight is 405 g/mol. The maximum absolute atomic E-state index is 13.4. The van der Waals surface area contributed by atoms with Gasteiger partial charge < -0.3 is 19.9 Å². The molecule has 0 aliphatic heterocycles. The predicted octanol–water partition coefficient (Wildman–Crippen LogP) is 4.24. The van der Waals surface area contributed by atoms with Crippen molar-refractivity contribution in [2.75, 3.05) is 17.2 Å². The van der Waals surface area contributed by atoms with E-state index in [2.05, 4.69) is 20.3 Å². The van der Waals surface area contributed by atoms with E-state index >= 15 is 0 Å². The first-order valence-corrected chi connectivity index (χ1v) is 9.02. The number of hydrogen-bond donors (Lipinski definition) is 2. The van der Waals surface area contributed by atoms with Crippen LogP contribution < -0.4 is 15.4 Å². The number of nitrogens with zero attached hydrogens (tertiary/aromatic N) is 1. The van der Waals surface area contributed by atoms with Crippen LogP contribution in [0.15, 0.2) is 77.5 Å². The molecule has 0 aliphatic carbocycles. The SMILES string of the molecule is O=C(COc1ccc(C(=O)Nc2cccc(F)c2)c2ccccc12)Nc1ccon1. The maximum atomic E-state index is 13.4. The third-order valence-corrected chi connectivity index (χ3v) is 4.28. The van der Waals surface area contributed by atoms with Gasteiger partial charge in [0.2, 0.25) is 0 Å². The number of carbonyl (C=O) groups excluding carboxylic acids is 2. The first-order valence-electron chi connectivity index (χ1n) is 9.02.